The summed E-state index contributed by atoms with van der Waals surface area (Å²) in [7, 11) is 0. The fourth-order valence-corrected chi connectivity index (χ4v) is 1.50. The van der Waals surface area contributed by atoms with Gasteiger partial charge in [-0.3, -0.25) is 0 Å². The molecule has 0 radical (unpaired) electrons. The third-order valence-electron chi connectivity index (χ3n) is 1.99. The fourth-order valence-electron chi connectivity index (χ4n) is 1.20. The van der Waals surface area contributed by atoms with E-state index >= 15 is 0 Å². The van der Waals surface area contributed by atoms with Crippen molar-refractivity contribution in [1.82, 2.24) is 5.32 Å². The van der Waals surface area contributed by atoms with E-state index in [1.807, 2.05) is 18.2 Å². The molecule has 0 bridgehead atoms. The van der Waals surface area contributed by atoms with Crippen molar-refractivity contribution in [1.29, 1.82) is 0 Å². The zero-order valence-electron chi connectivity index (χ0n) is 8.76. The lowest BCUT2D eigenvalue weighted by Crippen LogP contribution is -2.12. The quantitative estimate of drug-likeness (QED) is 0.772. The minimum atomic E-state index is 0.599. The molecule has 0 saturated carbocycles. The first-order chi connectivity index (χ1) is 7.24. The van der Waals surface area contributed by atoms with Gasteiger partial charge >= 0.3 is 0 Å². The fraction of sp³-hybridized carbons (Fsp3) is 0.333. The van der Waals surface area contributed by atoms with Gasteiger partial charge < -0.3 is 5.32 Å². The van der Waals surface area contributed by atoms with Gasteiger partial charge in [0.1, 0.15) is 0 Å². The van der Waals surface area contributed by atoms with Crippen LogP contribution in [0.5, 0.6) is 0 Å². The molecule has 0 aliphatic heterocycles. The molecule has 0 aromatic heterocycles. The van der Waals surface area contributed by atoms with Crippen LogP contribution in [0.15, 0.2) is 24.3 Å². The van der Waals surface area contributed by atoms with E-state index in [0.717, 1.165) is 25.1 Å². The summed E-state index contributed by atoms with van der Waals surface area (Å²) in [5.41, 5.74) is 1.08. The van der Waals surface area contributed by atoms with Gasteiger partial charge in [-0.15, -0.1) is 0 Å². The van der Waals surface area contributed by atoms with Crippen LogP contribution in [0.4, 0.5) is 0 Å². The van der Waals surface area contributed by atoms with E-state index in [4.69, 9.17) is 23.2 Å². The summed E-state index contributed by atoms with van der Waals surface area (Å²) < 4.78 is 0. The average Bonchev–Trinajstić information content (AvgIpc) is 2.23. The monoisotopic (exact) mass is 243 g/mol. The summed E-state index contributed by atoms with van der Waals surface area (Å²) in [4.78, 5) is 0. The van der Waals surface area contributed by atoms with Crippen LogP contribution in [-0.2, 0) is 0 Å². The Kier molecular flexibility index (Phi) is 5.77. The lowest BCUT2D eigenvalue weighted by Gasteiger charge is -1.98. The normalized spacial score (nSPS) is 11.1. The van der Waals surface area contributed by atoms with Crippen LogP contribution < -0.4 is 5.32 Å². The Bertz CT molecular complexity index is 334. The van der Waals surface area contributed by atoms with E-state index in [2.05, 4.69) is 24.4 Å². The second kappa shape index (κ2) is 6.89. The van der Waals surface area contributed by atoms with Gasteiger partial charge in [-0.25, -0.2) is 0 Å². The molecule has 0 spiro atoms. The van der Waals surface area contributed by atoms with E-state index in [1.165, 1.54) is 0 Å². The molecule has 1 rings (SSSR count). The molecular weight excluding hydrogens is 229 g/mol. The maximum atomic E-state index is 5.90. The Labute approximate surface area is 101 Å². The molecule has 1 nitrogen and oxygen atoms in total. The first kappa shape index (κ1) is 12.6. The van der Waals surface area contributed by atoms with Crippen molar-refractivity contribution in [2.75, 3.05) is 13.1 Å². The molecule has 1 N–H and O–H groups in total. The van der Waals surface area contributed by atoms with Crippen molar-refractivity contribution in [2.45, 2.75) is 13.3 Å². The molecule has 3 heteroatoms. The van der Waals surface area contributed by atoms with E-state index in [0.29, 0.717) is 10.0 Å². The molecule has 1 aromatic rings. The van der Waals surface area contributed by atoms with E-state index in [-0.39, 0.29) is 0 Å². The Morgan fingerprint density at radius 2 is 2.07 bits per heavy atom. The van der Waals surface area contributed by atoms with Crippen LogP contribution >= 0.6 is 23.2 Å². The Balaban J connectivity index is 2.46. The van der Waals surface area contributed by atoms with Crippen LogP contribution in [0.3, 0.4) is 0 Å². The smallest absolute Gasteiger partial charge is 0.0598 e. The summed E-state index contributed by atoms with van der Waals surface area (Å²) >= 11 is 11.7. The van der Waals surface area contributed by atoms with E-state index in [1.54, 1.807) is 0 Å². The first-order valence-corrected chi connectivity index (χ1v) is 5.82. The van der Waals surface area contributed by atoms with Crippen molar-refractivity contribution in [2.24, 2.45) is 0 Å². The number of hydrogen-bond acceptors (Lipinski definition) is 1. The zero-order valence-corrected chi connectivity index (χ0v) is 10.3. The Morgan fingerprint density at radius 3 is 2.73 bits per heavy atom. The average molecular weight is 244 g/mol. The lowest BCUT2D eigenvalue weighted by molar-refractivity contribution is 0.727. The van der Waals surface area contributed by atoms with Crippen molar-refractivity contribution in [3.05, 3.63) is 39.9 Å². The largest absolute Gasteiger partial charge is 0.317 e. The van der Waals surface area contributed by atoms with E-state index < -0.39 is 0 Å². The van der Waals surface area contributed by atoms with Crippen molar-refractivity contribution in [3.63, 3.8) is 0 Å². The molecule has 0 fully saturated rings. The molecule has 15 heavy (non-hydrogen) atoms. The van der Waals surface area contributed by atoms with Crippen LogP contribution in [0, 0.1) is 0 Å². The number of halogens is 2. The van der Waals surface area contributed by atoms with Crippen LogP contribution in [0.2, 0.25) is 10.0 Å². The summed E-state index contributed by atoms with van der Waals surface area (Å²) in [6.07, 6.45) is 5.20. The highest BCUT2D eigenvalue weighted by Crippen LogP contribution is 2.23. The molecule has 0 atom stereocenters. The van der Waals surface area contributed by atoms with Gasteiger partial charge in [0, 0.05) is 0 Å². The minimum Gasteiger partial charge on any atom is -0.317 e. The van der Waals surface area contributed by atoms with Crippen molar-refractivity contribution < 1.29 is 0 Å². The first-order valence-electron chi connectivity index (χ1n) is 5.06. The maximum absolute atomic E-state index is 5.90. The minimum absolute atomic E-state index is 0.599. The highest BCUT2D eigenvalue weighted by molar-refractivity contribution is 6.42. The molecule has 0 unspecified atom stereocenters. The summed E-state index contributed by atoms with van der Waals surface area (Å²) in [5, 5.41) is 4.46. The summed E-state index contributed by atoms with van der Waals surface area (Å²) in [6, 6.07) is 5.64. The lowest BCUT2D eigenvalue weighted by atomic mass is 10.2. The Morgan fingerprint density at radius 1 is 1.27 bits per heavy atom. The summed E-state index contributed by atoms with van der Waals surface area (Å²) in [5.74, 6) is 0. The van der Waals surface area contributed by atoms with Crippen LogP contribution in [0.1, 0.15) is 18.9 Å². The van der Waals surface area contributed by atoms with Crippen LogP contribution in [0.25, 0.3) is 6.08 Å². The maximum Gasteiger partial charge on any atom is 0.0598 e. The van der Waals surface area contributed by atoms with Crippen molar-refractivity contribution in [3.8, 4) is 0 Å². The number of benzene rings is 1. The highest BCUT2D eigenvalue weighted by Gasteiger charge is 1.95. The molecule has 0 aliphatic carbocycles. The molecular formula is C12H15Cl2N. The second-order valence-electron chi connectivity index (χ2n) is 3.22. The second-order valence-corrected chi connectivity index (χ2v) is 4.03. The number of nitrogens with one attached hydrogen (secondary N) is 1. The highest BCUT2D eigenvalue weighted by atomic mass is 35.5. The van der Waals surface area contributed by atoms with Gasteiger partial charge in [-0.05, 0) is 37.2 Å². The topological polar surface area (TPSA) is 12.0 Å². The molecule has 0 amide bonds. The molecule has 82 valence electrons. The van der Waals surface area contributed by atoms with Gasteiger partial charge in [0.15, 0.2) is 0 Å². The Hall–Kier alpha value is -0.500. The molecule has 1 aromatic carbocycles. The van der Waals surface area contributed by atoms with Crippen molar-refractivity contribution >= 4 is 29.3 Å². The van der Waals surface area contributed by atoms with Gasteiger partial charge in [-0.2, -0.15) is 0 Å². The molecule has 0 heterocycles. The van der Waals surface area contributed by atoms with E-state index in [9.17, 15) is 0 Å². The zero-order chi connectivity index (χ0) is 11.1. The number of rotatable bonds is 5. The van der Waals surface area contributed by atoms with Gasteiger partial charge in [0.2, 0.25) is 0 Å². The SMILES string of the molecule is CCNCCC=Cc1ccc(Cl)c(Cl)c1. The molecule has 0 aliphatic rings. The summed E-state index contributed by atoms with van der Waals surface area (Å²) in [6.45, 7) is 4.12. The van der Waals surface area contributed by atoms with Gasteiger partial charge in [0.05, 0.1) is 10.0 Å². The third-order valence-corrected chi connectivity index (χ3v) is 2.73. The van der Waals surface area contributed by atoms with Gasteiger partial charge in [-0.1, -0.05) is 48.3 Å². The van der Waals surface area contributed by atoms with Crippen LogP contribution in [-0.4, -0.2) is 13.1 Å². The predicted octanol–water partition coefficient (Wildman–Crippen LogP) is 4.01. The van der Waals surface area contributed by atoms with Gasteiger partial charge in [0.25, 0.3) is 0 Å². The number of hydrogen-bond donors (Lipinski definition) is 1. The molecule has 0 saturated heterocycles. The third kappa shape index (κ3) is 4.70. The predicted molar refractivity (Wildman–Crippen MR) is 68.7 cm³/mol. The standard InChI is InChI=1S/C12H15Cl2N/c1-2-15-8-4-3-5-10-6-7-11(13)12(14)9-10/h3,5-7,9,15H,2,4,8H2,1H3.